The SMILES string of the molecule is CCN1CCN(CC2(NC(=O)c3cc(F)ccc3F)CCN(C(C)C)CC2)CC1. The number of rotatable bonds is 6. The van der Waals surface area contributed by atoms with Gasteiger partial charge in [0.1, 0.15) is 11.6 Å². The van der Waals surface area contributed by atoms with Crippen LogP contribution in [-0.2, 0) is 0 Å². The molecule has 0 unspecified atom stereocenters. The third-order valence-electron chi connectivity index (χ3n) is 6.48. The molecule has 1 aromatic carbocycles. The lowest BCUT2D eigenvalue weighted by atomic mass is 9.85. The highest BCUT2D eigenvalue weighted by atomic mass is 19.1. The number of likely N-dealkylation sites (tertiary alicyclic amines) is 1. The molecule has 0 aromatic heterocycles. The monoisotopic (exact) mass is 408 g/mol. The minimum Gasteiger partial charge on any atom is -0.345 e. The van der Waals surface area contributed by atoms with Gasteiger partial charge in [0.25, 0.3) is 5.91 Å². The first-order valence-corrected chi connectivity index (χ1v) is 10.8. The molecule has 29 heavy (non-hydrogen) atoms. The number of hydrogen-bond donors (Lipinski definition) is 1. The Bertz CT molecular complexity index is 696. The Kier molecular flexibility index (Phi) is 7.24. The van der Waals surface area contributed by atoms with E-state index >= 15 is 0 Å². The van der Waals surface area contributed by atoms with Crippen LogP contribution in [0.5, 0.6) is 0 Å². The number of nitrogens with one attached hydrogen (secondary N) is 1. The van der Waals surface area contributed by atoms with Gasteiger partial charge in [0.05, 0.1) is 11.1 Å². The zero-order valence-electron chi connectivity index (χ0n) is 17.9. The van der Waals surface area contributed by atoms with E-state index in [4.69, 9.17) is 0 Å². The molecule has 2 saturated heterocycles. The number of nitrogens with zero attached hydrogens (tertiary/aromatic N) is 3. The van der Waals surface area contributed by atoms with E-state index in [1.807, 2.05) is 0 Å². The lowest BCUT2D eigenvalue weighted by molar-refractivity contribution is 0.0501. The molecule has 0 spiro atoms. The van der Waals surface area contributed by atoms with E-state index in [1.54, 1.807) is 0 Å². The molecule has 0 bridgehead atoms. The number of halogens is 2. The molecule has 1 amide bonds. The molecule has 0 aliphatic carbocycles. The molecule has 2 heterocycles. The molecule has 162 valence electrons. The topological polar surface area (TPSA) is 38.8 Å². The number of likely N-dealkylation sites (N-methyl/N-ethyl adjacent to an activating group) is 1. The lowest BCUT2D eigenvalue weighted by Gasteiger charge is -2.47. The average molecular weight is 409 g/mol. The Hall–Kier alpha value is -1.57. The van der Waals surface area contributed by atoms with Crippen molar-refractivity contribution in [2.75, 3.05) is 52.4 Å². The molecule has 2 aliphatic heterocycles. The quantitative estimate of drug-likeness (QED) is 0.785. The van der Waals surface area contributed by atoms with E-state index in [2.05, 4.69) is 40.8 Å². The zero-order valence-corrected chi connectivity index (χ0v) is 17.9. The number of hydrogen-bond acceptors (Lipinski definition) is 4. The normalized spacial score (nSPS) is 21.4. The number of carbonyl (C=O) groups is 1. The van der Waals surface area contributed by atoms with Crippen molar-refractivity contribution in [2.45, 2.75) is 45.2 Å². The molecule has 5 nitrogen and oxygen atoms in total. The molecule has 3 rings (SSSR count). The first kappa shape index (κ1) is 22.1. The summed E-state index contributed by atoms with van der Waals surface area (Å²) in [5, 5.41) is 3.12. The van der Waals surface area contributed by atoms with Crippen molar-refractivity contribution >= 4 is 5.91 Å². The molecular weight excluding hydrogens is 374 g/mol. The summed E-state index contributed by atoms with van der Waals surface area (Å²) in [6.07, 6.45) is 1.61. The van der Waals surface area contributed by atoms with Gasteiger partial charge in [0.15, 0.2) is 0 Å². The van der Waals surface area contributed by atoms with Gasteiger partial charge in [-0.15, -0.1) is 0 Å². The third kappa shape index (κ3) is 5.53. The molecular formula is C22H34F2N4O. The maximum atomic E-state index is 14.2. The fraction of sp³-hybridized carbons (Fsp3) is 0.682. The second kappa shape index (κ2) is 9.49. The van der Waals surface area contributed by atoms with Crippen LogP contribution in [0.2, 0.25) is 0 Å². The van der Waals surface area contributed by atoms with E-state index in [1.165, 1.54) is 0 Å². The Balaban J connectivity index is 1.74. The molecule has 2 fully saturated rings. The summed E-state index contributed by atoms with van der Waals surface area (Å²) in [4.78, 5) is 20.1. The Morgan fingerprint density at radius 2 is 1.69 bits per heavy atom. The minimum atomic E-state index is -0.685. The van der Waals surface area contributed by atoms with E-state index < -0.39 is 23.1 Å². The minimum absolute atomic E-state index is 0.216. The van der Waals surface area contributed by atoms with Gasteiger partial charge in [0, 0.05) is 51.9 Å². The summed E-state index contributed by atoms with van der Waals surface area (Å²) >= 11 is 0. The maximum absolute atomic E-state index is 14.2. The van der Waals surface area contributed by atoms with Gasteiger partial charge in [-0.2, -0.15) is 0 Å². The summed E-state index contributed by atoms with van der Waals surface area (Å²) in [6.45, 7) is 14.1. The van der Waals surface area contributed by atoms with Crippen LogP contribution < -0.4 is 5.32 Å². The largest absolute Gasteiger partial charge is 0.345 e. The highest BCUT2D eigenvalue weighted by Crippen LogP contribution is 2.26. The van der Waals surface area contributed by atoms with Crippen molar-refractivity contribution in [1.29, 1.82) is 0 Å². The van der Waals surface area contributed by atoms with Crippen molar-refractivity contribution < 1.29 is 13.6 Å². The molecule has 1 aromatic rings. The fourth-order valence-corrected chi connectivity index (χ4v) is 4.46. The first-order chi connectivity index (χ1) is 13.8. The maximum Gasteiger partial charge on any atom is 0.254 e. The predicted octanol–water partition coefficient (Wildman–Crippen LogP) is 2.58. The van der Waals surface area contributed by atoms with Gasteiger partial charge < -0.3 is 15.1 Å². The van der Waals surface area contributed by atoms with E-state index in [-0.39, 0.29) is 5.56 Å². The summed E-state index contributed by atoms with van der Waals surface area (Å²) in [5.74, 6) is -1.81. The van der Waals surface area contributed by atoms with Crippen molar-refractivity contribution in [3.05, 3.63) is 35.4 Å². The number of piperidine rings is 1. The Labute approximate surface area is 173 Å². The molecule has 0 saturated carbocycles. The molecule has 2 aliphatic rings. The van der Waals surface area contributed by atoms with Gasteiger partial charge in [-0.1, -0.05) is 6.92 Å². The summed E-state index contributed by atoms with van der Waals surface area (Å²) in [7, 11) is 0. The lowest BCUT2D eigenvalue weighted by Crippen LogP contribution is -2.62. The van der Waals surface area contributed by atoms with Crippen molar-refractivity contribution in [1.82, 2.24) is 20.0 Å². The molecule has 1 N–H and O–H groups in total. The fourth-order valence-electron chi connectivity index (χ4n) is 4.46. The van der Waals surface area contributed by atoms with Crippen LogP contribution in [0, 0.1) is 11.6 Å². The van der Waals surface area contributed by atoms with Crippen LogP contribution >= 0.6 is 0 Å². The van der Waals surface area contributed by atoms with Crippen LogP contribution in [-0.4, -0.2) is 84.5 Å². The molecule has 0 radical (unpaired) electrons. The van der Waals surface area contributed by atoms with Crippen LogP contribution in [0.25, 0.3) is 0 Å². The zero-order chi connectivity index (χ0) is 21.0. The van der Waals surface area contributed by atoms with Crippen LogP contribution in [0.1, 0.15) is 44.0 Å². The second-order valence-corrected chi connectivity index (χ2v) is 8.70. The van der Waals surface area contributed by atoms with Crippen LogP contribution in [0.4, 0.5) is 8.78 Å². The summed E-state index contributed by atoms with van der Waals surface area (Å²) in [5.41, 5.74) is -0.637. The standard InChI is InChI=1S/C22H34F2N4O/c1-4-26-11-13-27(14-12-26)16-22(7-9-28(10-8-22)17(2)3)25-21(29)19-15-18(23)5-6-20(19)24/h5-6,15,17H,4,7-14,16H2,1-3H3,(H,25,29). The van der Waals surface area contributed by atoms with E-state index in [0.29, 0.717) is 6.04 Å². The van der Waals surface area contributed by atoms with Crippen molar-refractivity contribution in [3.8, 4) is 0 Å². The van der Waals surface area contributed by atoms with E-state index in [9.17, 15) is 13.6 Å². The number of benzene rings is 1. The smallest absolute Gasteiger partial charge is 0.254 e. The highest BCUT2D eigenvalue weighted by Gasteiger charge is 2.39. The summed E-state index contributed by atoms with van der Waals surface area (Å²) < 4.78 is 27.8. The van der Waals surface area contributed by atoms with Gasteiger partial charge in [0.2, 0.25) is 0 Å². The average Bonchev–Trinajstić information content (AvgIpc) is 2.70. The highest BCUT2D eigenvalue weighted by molar-refractivity contribution is 5.95. The predicted molar refractivity (Wildman–Crippen MR) is 111 cm³/mol. The van der Waals surface area contributed by atoms with Crippen LogP contribution in [0.3, 0.4) is 0 Å². The van der Waals surface area contributed by atoms with Crippen LogP contribution in [0.15, 0.2) is 18.2 Å². The van der Waals surface area contributed by atoms with Gasteiger partial charge in [-0.3, -0.25) is 9.69 Å². The first-order valence-electron chi connectivity index (χ1n) is 10.8. The van der Waals surface area contributed by atoms with Crippen molar-refractivity contribution in [2.24, 2.45) is 0 Å². The van der Waals surface area contributed by atoms with Crippen molar-refractivity contribution in [3.63, 3.8) is 0 Å². The van der Waals surface area contributed by atoms with Gasteiger partial charge in [-0.25, -0.2) is 8.78 Å². The van der Waals surface area contributed by atoms with Gasteiger partial charge >= 0.3 is 0 Å². The number of piperazine rings is 1. The third-order valence-corrected chi connectivity index (χ3v) is 6.48. The Morgan fingerprint density at radius 1 is 1.07 bits per heavy atom. The summed E-state index contributed by atoms with van der Waals surface area (Å²) in [6, 6.07) is 3.50. The van der Waals surface area contributed by atoms with Gasteiger partial charge in [-0.05, 0) is 51.4 Å². The molecule has 0 atom stereocenters. The number of carbonyl (C=O) groups excluding carboxylic acids is 1. The van der Waals surface area contributed by atoms with E-state index in [0.717, 1.165) is 83.4 Å². The number of amides is 1. The molecule has 7 heteroatoms. The Morgan fingerprint density at radius 3 is 2.28 bits per heavy atom. The second-order valence-electron chi connectivity index (χ2n) is 8.70.